The van der Waals surface area contributed by atoms with E-state index in [0.29, 0.717) is 6.42 Å². The van der Waals surface area contributed by atoms with Crippen LogP contribution in [-0.2, 0) is 26.5 Å². The zero-order chi connectivity index (χ0) is 21.7. The van der Waals surface area contributed by atoms with Gasteiger partial charge in [-0.25, -0.2) is 26.3 Å². The van der Waals surface area contributed by atoms with E-state index in [1.54, 1.807) is 48.5 Å². The van der Waals surface area contributed by atoms with Crippen molar-refractivity contribution in [1.82, 2.24) is 9.44 Å². The summed E-state index contributed by atoms with van der Waals surface area (Å²) in [4.78, 5) is 0.471. The summed E-state index contributed by atoms with van der Waals surface area (Å²) < 4.78 is 54.6. The molecule has 2 aromatic rings. The molecule has 2 rings (SSSR count). The summed E-state index contributed by atoms with van der Waals surface area (Å²) in [5, 5.41) is 0. The smallest absolute Gasteiger partial charge is 0.208 e. The van der Waals surface area contributed by atoms with E-state index in [1.165, 1.54) is 0 Å². The van der Waals surface area contributed by atoms with Crippen LogP contribution in [0.15, 0.2) is 58.3 Å². The Morgan fingerprint density at radius 1 is 0.655 bits per heavy atom. The second-order valence-electron chi connectivity index (χ2n) is 7.33. The molecule has 2 N–H and O–H groups in total. The summed E-state index contributed by atoms with van der Waals surface area (Å²) >= 11 is 0. The molecule has 29 heavy (non-hydrogen) atoms. The van der Waals surface area contributed by atoms with Crippen molar-refractivity contribution in [2.75, 3.05) is 0 Å². The second-order valence-corrected chi connectivity index (χ2v) is 10.8. The monoisotopic (exact) mass is 438 g/mol. The fourth-order valence-corrected chi connectivity index (χ4v) is 5.29. The Morgan fingerprint density at radius 2 is 0.966 bits per heavy atom. The largest absolute Gasteiger partial charge is 0.240 e. The molecular formula is C21H30N2O4S2. The van der Waals surface area contributed by atoms with Crippen LogP contribution >= 0.6 is 0 Å². The summed E-state index contributed by atoms with van der Waals surface area (Å²) in [6.45, 7) is 7.50. The van der Waals surface area contributed by atoms with Crippen molar-refractivity contribution in [1.29, 1.82) is 0 Å². The first-order valence-corrected chi connectivity index (χ1v) is 12.8. The molecule has 0 bridgehead atoms. The van der Waals surface area contributed by atoms with Crippen LogP contribution in [0.5, 0.6) is 0 Å². The second kappa shape index (κ2) is 9.84. The van der Waals surface area contributed by atoms with Gasteiger partial charge in [0.2, 0.25) is 20.0 Å². The third kappa shape index (κ3) is 6.64. The van der Waals surface area contributed by atoms with E-state index in [-0.39, 0.29) is 21.9 Å². The maximum Gasteiger partial charge on any atom is 0.240 e. The summed E-state index contributed by atoms with van der Waals surface area (Å²) in [7, 11) is -7.04. The van der Waals surface area contributed by atoms with E-state index in [9.17, 15) is 16.8 Å². The SMILES string of the molecule is CCC(C)NS(=O)(=O)c1ccc(Cc2ccc(S(=O)(=O)NC(C)CC)cc2)cc1. The normalized spacial score (nSPS) is 14.5. The molecule has 160 valence electrons. The molecule has 0 amide bonds. The number of nitrogens with one attached hydrogen (secondary N) is 2. The third-order valence-corrected chi connectivity index (χ3v) is 8.02. The molecule has 0 saturated carbocycles. The lowest BCUT2D eigenvalue weighted by Crippen LogP contribution is -2.32. The van der Waals surface area contributed by atoms with E-state index in [0.717, 1.165) is 24.0 Å². The van der Waals surface area contributed by atoms with Gasteiger partial charge in [0.15, 0.2) is 0 Å². The number of rotatable bonds is 10. The molecule has 0 heterocycles. The molecule has 6 nitrogen and oxygen atoms in total. The lowest BCUT2D eigenvalue weighted by Gasteiger charge is -2.13. The minimum atomic E-state index is -3.52. The van der Waals surface area contributed by atoms with Gasteiger partial charge < -0.3 is 0 Å². The van der Waals surface area contributed by atoms with Gasteiger partial charge in [0.25, 0.3) is 0 Å². The van der Waals surface area contributed by atoms with Gasteiger partial charge in [-0.05, 0) is 68.5 Å². The molecule has 0 spiro atoms. The maximum atomic E-state index is 12.3. The van der Waals surface area contributed by atoms with Gasteiger partial charge in [0.1, 0.15) is 0 Å². The molecule has 0 aliphatic rings. The fraction of sp³-hybridized carbons (Fsp3) is 0.429. The van der Waals surface area contributed by atoms with Gasteiger partial charge in [-0.2, -0.15) is 0 Å². The van der Waals surface area contributed by atoms with Gasteiger partial charge in [-0.1, -0.05) is 38.1 Å². The standard InChI is InChI=1S/C21H30N2O4S2/c1-5-16(3)22-28(24,25)20-11-7-18(8-12-20)15-19-9-13-21(14-10-19)29(26,27)23-17(4)6-2/h7-14,16-17,22-23H,5-6,15H2,1-4H3. The predicted molar refractivity (Wildman–Crippen MR) is 116 cm³/mol. The van der Waals surface area contributed by atoms with Gasteiger partial charge >= 0.3 is 0 Å². The molecular weight excluding hydrogens is 408 g/mol. The fourth-order valence-electron chi connectivity index (χ4n) is 2.64. The van der Waals surface area contributed by atoms with Crippen LogP contribution in [0.3, 0.4) is 0 Å². The highest BCUT2D eigenvalue weighted by atomic mass is 32.2. The van der Waals surface area contributed by atoms with Crippen molar-refractivity contribution in [3.8, 4) is 0 Å². The first-order valence-electron chi connectivity index (χ1n) is 9.80. The number of sulfonamides is 2. The molecule has 0 aliphatic heterocycles. The zero-order valence-electron chi connectivity index (χ0n) is 17.3. The number of hydrogen-bond donors (Lipinski definition) is 2. The quantitative estimate of drug-likeness (QED) is 0.594. The molecule has 0 aliphatic carbocycles. The predicted octanol–water partition coefficient (Wildman–Crippen LogP) is 3.43. The Hall–Kier alpha value is -1.74. The minimum Gasteiger partial charge on any atom is -0.208 e. The molecule has 2 atom stereocenters. The van der Waals surface area contributed by atoms with Crippen molar-refractivity contribution >= 4 is 20.0 Å². The summed E-state index contributed by atoms with van der Waals surface area (Å²) in [5.41, 5.74) is 1.89. The van der Waals surface area contributed by atoms with E-state index < -0.39 is 20.0 Å². The van der Waals surface area contributed by atoms with Crippen molar-refractivity contribution in [2.45, 2.75) is 68.8 Å². The van der Waals surface area contributed by atoms with E-state index in [2.05, 4.69) is 9.44 Å². The van der Waals surface area contributed by atoms with Gasteiger partial charge in [-0.3, -0.25) is 0 Å². The van der Waals surface area contributed by atoms with Gasteiger partial charge in [0, 0.05) is 12.1 Å². The van der Waals surface area contributed by atoms with E-state index in [1.807, 2.05) is 27.7 Å². The highest BCUT2D eigenvalue weighted by Crippen LogP contribution is 2.17. The Balaban J connectivity index is 2.09. The van der Waals surface area contributed by atoms with Crippen molar-refractivity contribution in [3.05, 3.63) is 59.7 Å². The Bertz CT molecular complexity index is 916. The van der Waals surface area contributed by atoms with Crippen molar-refractivity contribution in [2.24, 2.45) is 0 Å². The van der Waals surface area contributed by atoms with Crippen LogP contribution in [0.4, 0.5) is 0 Å². The first kappa shape index (κ1) is 23.5. The minimum absolute atomic E-state index is 0.121. The van der Waals surface area contributed by atoms with Crippen LogP contribution in [0.1, 0.15) is 51.7 Å². The third-order valence-electron chi connectivity index (χ3n) is 4.81. The van der Waals surface area contributed by atoms with E-state index >= 15 is 0 Å². The summed E-state index contributed by atoms with van der Waals surface area (Å²) in [6, 6.07) is 13.2. The first-order chi connectivity index (χ1) is 13.6. The Kier molecular flexibility index (Phi) is 7.99. The zero-order valence-corrected chi connectivity index (χ0v) is 19.0. The highest BCUT2D eigenvalue weighted by Gasteiger charge is 2.17. The lowest BCUT2D eigenvalue weighted by atomic mass is 10.1. The Labute approximate surface area is 174 Å². The maximum absolute atomic E-state index is 12.3. The van der Waals surface area contributed by atoms with Gasteiger partial charge in [-0.15, -0.1) is 0 Å². The van der Waals surface area contributed by atoms with Gasteiger partial charge in [0.05, 0.1) is 9.79 Å². The molecule has 8 heteroatoms. The summed E-state index contributed by atoms with van der Waals surface area (Å²) in [5.74, 6) is 0. The van der Waals surface area contributed by atoms with Crippen LogP contribution in [0.25, 0.3) is 0 Å². The Morgan fingerprint density at radius 3 is 1.24 bits per heavy atom. The van der Waals surface area contributed by atoms with Crippen LogP contribution in [0, 0.1) is 0 Å². The molecule has 0 radical (unpaired) electrons. The van der Waals surface area contributed by atoms with Crippen LogP contribution in [-0.4, -0.2) is 28.9 Å². The number of hydrogen-bond acceptors (Lipinski definition) is 4. The molecule has 0 aromatic heterocycles. The highest BCUT2D eigenvalue weighted by molar-refractivity contribution is 7.89. The van der Waals surface area contributed by atoms with Crippen LogP contribution in [0.2, 0.25) is 0 Å². The molecule has 0 saturated heterocycles. The lowest BCUT2D eigenvalue weighted by molar-refractivity contribution is 0.554. The number of benzene rings is 2. The van der Waals surface area contributed by atoms with E-state index in [4.69, 9.17) is 0 Å². The van der Waals surface area contributed by atoms with Crippen LogP contribution < -0.4 is 9.44 Å². The molecule has 2 unspecified atom stereocenters. The molecule has 0 fully saturated rings. The molecule has 2 aromatic carbocycles. The van der Waals surface area contributed by atoms with Crippen molar-refractivity contribution in [3.63, 3.8) is 0 Å². The average molecular weight is 439 g/mol. The average Bonchev–Trinajstić information content (AvgIpc) is 2.68. The summed E-state index contributed by atoms with van der Waals surface area (Å²) in [6.07, 6.45) is 2.02. The van der Waals surface area contributed by atoms with Crippen molar-refractivity contribution < 1.29 is 16.8 Å². The topological polar surface area (TPSA) is 92.3 Å².